The fourth-order valence-corrected chi connectivity index (χ4v) is 2.97. The number of amides is 2. The second kappa shape index (κ2) is 11.8. The maximum Gasteiger partial charge on any atom is 0.311 e. The van der Waals surface area contributed by atoms with E-state index in [0.29, 0.717) is 6.54 Å². The Morgan fingerprint density at radius 3 is 2.48 bits per heavy atom. The predicted octanol–water partition coefficient (Wildman–Crippen LogP) is 3.31. The summed E-state index contributed by atoms with van der Waals surface area (Å²) in [7, 11) is 1.28. The first-order valence-electron chi connectivity index (χ1n) is 10.4. The van der Waals surface area contributed by atoms with Crippen LogP contribution < -0.4 is 14.8 Å². The second-order valence-electron chi connectivity index (χ2n) is 7.81. The molecule has 0 aliphatic rings. The van der Waals surface area contributed by atoms with Crippen LogP contribution in [0.4, 0.5) is 10.1 Å². The molecule has 9 nitrogen and oxygen atoms in total. The van der Waals surface area contributed by atoms with Gasteiger partial charge < -0.3 is 19.7 Å². The van der Waals surface area contributed by atoms with E-state index in [9.17, 15) is 24.1 Å². The number of nitro benzene ring substituents is 1. The highest BCUT2D eigenvalue weighted by atomic mass is 19.1. The standard InChI is InChI=1S/C23H28FN3O6/c1-15(2)12-25-23(29)16(3)26(13-17-7-5-6-8-19(17)24)22(28)14-33-18-9-10-20(27(30)31)21(11-18)32-4/h5-11,15-16H,12-14H2,1-4H3,(H,25,29)/t16-/m1/s1. The monoisotopic (exact) mass is 461 g/mol. The zero-order valence-corrected chi connectivity index (χ0v) is 19.0. The molecule has 0 saturated heterocycles. The molecule has 0 radical (unpaired) electrons. The van der Waals surface area contributed by atoms with E-state index >= 15 is 0 Å². The van der Waals surface area contributed by atoms with Crippen molar-refractivity contribution in [2.24, 2.45) is 5.92 Å². The SMILES string of the molecule is COc1cc(OCC(=O)N(Cc2ccccc2F)[C@H](C)C(=O)NCC(C)C)ccc1[N+](=O)[O-]. The maximum absolute atomic E-state index is 14.2. The number of carbonyl (C=O) groups is 2. The molecule has 2 rings (SSSR count). The average molecular weight is 461 g/mol. The van der Waals surface area contributed by atoms with Crippen molar-refractivity contribution in [3.05, 3.63) is 64.0 Å². The number of carbonyl (C=O) groups excluding carboxylic acids is 2. The molecule has 0 fully saturated rings. The summed E-state index contributed by atoms with van der Waals surface area (Å²) in [4.78, 5) is 37.3. The largest absolute Gasteiger partial charge is 0.490 e. The third kappa shape index (κ3) is 7.16. The first-order chi connectivity index (χ1) is 15.6. The number of nitrogens with zero attached hydrogens (tertiary/aromatic N) is 2. The molecule has 0 bridgehead atoms. The predicted molar refractivity (Wildman–Crippen MR) is 119 cm³/mol. The molecule has 0 spiro atoms. The lowest BCUT2D eigenvalue weighted by atomic mass is 10.1. The van der Waals surface area contributed by atoms with Gasteiger partial charge in [-0.2, -0.15) is 0 Å². The minimum Gasteiger partial charge on any atom is -0.490 e. The fraction of sp³-hybridized carbons (Fsp3) is 0.391. The van der Waals surface area contributed by atoms with E-state index in [2.05, 4.69) is 5.32 Å². The zero-order chi connectivity index (χ0) is 24.5. The number of nitro groups is 1. The van der Waals surface area contributed by atoms with Crippen LogP contribution in [0, 0.1) is 21.8 Å². The van der Waals surface area contributed by atoms with Crippen molar-refractivity contribution in [3.63, 3.8) is 0 Å². The lowest BCUT2D eigenvalue weighted by Crippen LogP contribution is -2.49. The van der Waals surface area contributed by atoms with Crippen molar-refractivity contribution in [1.29, 1.82) is 0 Å². The van der Waals surface area contributed by atoms with Gasteiger partial charge in [-0.25, -0.2) is 4.39 Å². The summed E-state index contributed by atoms with van der Waals surface area (Å²) in [6.07, 6.45) is 0. The lowest BCUT2D eigenvalue weighted by Gasteiger charge is -2.29. The zero-order valence-electron chi connectivity index (χ0n) is 19.0. The van der Waals surface area contributed by atoms with E-state index in [4.69, 9.17) is 9.47 Å². The molecule has 0 heterocycles. The number of methoxy groups -OCH3 is 1. The Balaban J connectivity index is 2.19. The molecule has 2 aromatic carbocycles. The molecule has 10 heteroatoms. The summed E-state index contributed by atoms with van der Waals surface area (Å²) in [5, 5.41) is 13.8. The summed E-state index contributed by atoms with van der Waals surface area (Å²) in [5.74, 6) is -1.04. The average Bonchev–Trinajstić information content (AvgIpc) is 2.79. The number of rotatable bonds is 11. The third-order valence-electron chi connectivity index (χ3n) is 4.86. The first-order valence-corrected chi connectivity index (χ1v) is 10.4. The van der Waals surface area contributed by atoms with E-state index in [1.165, 1.54) is 48.4 Å². The van der Waals surface area contributed by atoms with Crippen LogP contribution in [0.1, 0.15) is 26.3 Å². The van der Waals surface area contributed by atoms with Crippen LogP contribution in [-0.4, -0.2) is 47.9 Å². The van der Waals surface area contributed by atoms with E-state index < -0.39 is 29.3 Å². The Hall–Kier alpha value is -3.69. The molecule has 0 aromatic heterocycles. The molecule has 33 heavy (non-hydrogen) atoms. The van der Waals surface area contributed by atoms with Gasteiger partial charge in [-0.1, -0.05) is 32.0 Å². The van der Waals surface area contributed by atoms with E-state index in [0.717, 1.165) is 0 Å². The molecular formula is C23H28FN3O6. The Morgan fingerprint density at radius 1 is 1.18 bits per heavy atom. The van der Waals surface area contributed by atoms with Gasteiger partial charge in [0.1, 0.15) is 17.6 Å². The highest BCUT2D eigenvalue weighted by Gasteiger charge is 2.27. The lowest BCUT2D eigenvalue weighted by molar-refractivity contribution is -0.385. The third-order valence-corrected chi connectivity index (χ3v) is 4.86. The van der Waals surface area contributed by atoms with Crippen LogP contribution >= 0.6 is 0 Å². The summed E-state index contributed by atoms with van der Waals surface area (Å²) < 4.78 is 24.7. The van der Waals surface area contributed by atoms with Crippen LogP contribution in [0.2, 0.25) is 0 Å². The fourth-order valence-electron chi connectivity index (χ4n) is 2.97. The molecule has 2 amide bonds. The van der Waals surface area contributed by atoms with Gasteiger partial charge >= 0.3 is 5.69 Å². The molecule has 0 aliphatic heterocycles. The van der Waals surface area contributed by atoms with Crippen molar-refractivity contribution in [2.45, 2.75) is 33.4 Å². The number of halogens is 1. The molecule has 1 N–H and O–H groups in total. The van der Waals surface area contributed by atoms with Gasteiger partial charge in [0.25, 0.3) is 5.91 Å². The second-order valence-corrected chi connectivity index (χ2v) is 7.81. The summed E-state index contributed by atoms with van der Waals surface area (Å²) in [6.45, 7) is 5.29. The molecule has 1 atom stereocenters. The van der Waals surface area contributed by atoms with Crippen molar-refractivity contribution < 1.29 is 28.4 Å². The Morgan fingerprint density at radius 2 is 1.88 bits per heavy atom. The summed E-state index contributed by atoms with van der Waals surface area (Å²) in [5.41, 5.74) is 0.0131. The van der Waals surface area contributed by atoms with E-state index in [1.807, 2.05) is 13.8 Å². The minimum absolute atomic E-state index is 0.0189. The van der Waals surface area contributed by atoms with Gasteiger partial charge in [0.2, 0.25) is 11.7 Å². The molecule has 0 unspecified atom stereocenters. The van der Waals surface area contributed by atoms with E-state index in [1.54, 1.807) is 13.0 Å². The smallest absolute Gasteiger partial charge is 0.311 e. The number of benzene rings is 2. The topological polar surface area (TPSA) is 111 Å². The number of hydrogen-bond acceptors (Lipinski definition) is 6. The highest BCUT2D eigenvalue weighted by molar-refractivity contribution is 5.88. The van der Waals surface area contributed by atoms with Crippen molar-refractivity contribution >= 4 is 17.5 Å². The summed E-state index contributed by atoms with van der Waals surface area (Å²) in [6, 6.07) is 8.96. The van der Waals surface area contributed by atoms with Crippen molar-refractivity contribution in [1.82, 2.24) is 10.2 Å². The van der Waals surface area contributed by atoms with Crippen LogP contribution in [0.3, 0.4) is 0 Å². The number of nitrogens with one attached hydrogen (secondary N) is 1. The molecule has 2 aromatic rings. The Labute approximate surface area is 191 Å². The quantitative estimate of drug-likeness (QED) is 0.406. The summed E-state index contributed by atoms with van der Waals surface area (Å²) >= 11 is 0. The van der Waals surface area contributed by atoms with Gasteiger partial charge in [-0.05, 0) is 25.0 Å². The van der Waals surface area contributed by atoms with Crippen LogP contribution in [-0.2, 0) is 16.1 Å². The maximum atomic E-state index is 14.2. The van der Waals surface area contributed by atoms with Gasteiger partial charge in [-0.3, -0.25) is 19.7 Å². The van der Waals surface area contributed by atoms with Gasteiger partial charge in [0.15, 0.2) is 6.61 Å². The van der Waals surface area contributed by atoms with Crippen molar-refractivity contribution in [2.75, 3.05) is 20.3 Å². The van der Waals surface area contributed by atoms with Crippen LogP contribution in [0.25, 0.3) is 0 Å². The molecular weight excluding hydrogens is 433 g/mol. The number of hydrogen-bond donors (Lipinski definition) is 1. The Bertz CT molecular complexity index is 998. The van der Waals surface area contributed by atoms with Gasteiger partial charge in [0, 0.05) is 30.8 Å². The van der Waals surface area contributed by atoms with E-state index in [-0.39, 0.29) is 41.1 Å². The molecule has 0 aliphatic carbocycles. The molecule has 0 saturated carbocycles. The van der Waals surface area contributed by atoms with Gasteiger partial charge in [0.05, 0.1) is 12.0 Å². The highest BCUT2D eigenvalue weighted by Crippen LogP contribution is 2.30. The van der Waals surface area contributed by atoms with Crippen molar-refractivity contribution in [3.8, 4) is 11.5 Å². The normalized spacial score (nSPS) is 11.6. The Kier molecular flexibility index (Phi) is 9.14. The molecule has 178 valence electrons. The first kappa shape index (κ1) is 25.6. The van der Waals surface area contributed by atoms with Gasteiger partial charge in [-0.15, -0.1) is 0 Å². The minimum atomic E-state index is -0.883. The van der Waals surface area contributed by atoms with Crippen LogP contribution in [0.5, 0.6) is 11.5 Å². The van der Waals surface area contributed by atoms with Crippen LogP contribution in [0.15, 0.2) is 42.5 Å². The number of ether oxygens (including phenoxy) is 2.